The summed E-state index contributed by atoms with van der Waals surface area (Å²) < 4.78 is 5.08. The quantitative estimate of drug-likeness (QED) is 0.838. The maximum absolute atomic E-state index is 10.9. The van der Waals surface area contributed by atoms with Gasteiger partial charge >= 0.3 is 5.97 Å². The number of ether oxygens (including phenoxy) is 1. The number of anilines is 1. The first-order valence-corrected chi connectivity index (χ1v) is 5.93. The molecular weight excluding hydrogens is 232 g/mol. The molecular formula is C13H20N2O3. The monoisotopic (exact) mass is 252 g/mol. The second-order valence-corrected chi connectivity index (χ2v) is 4.45. The van der Waals surface area contributed by atoms with E-state index < -0.39 is 5.97 Å². The van der Waals surface area contributed by atoms with Crippen LogP contribution in [0.1, 0.15) is 29.8 Å². The molecule has 0 saturated heterocycles. The van der Waals surface area contributed by atoms with Gasteiger partial charge < -0.3 is 14.7 Å². The lowest BCUT2D eigenvalue weighted by atomic mass is 10.2. The van der Waals surface area contributed by atoms with Crippen molar-refractivity contribution in [3.8, 4) is 0 Å². The van der Waals surface area contributed by atoms with Crippen molar-refractivity contribution in [1.29, 1.82) is 0 Å². The van der Waals surface area contributed by atoms with E-state index in [9.17, 15) is 4.79 Å². The summed E-state index contributed by atoms with van der Waals surface area (Å²) in [6.45, 7) is 7.36. The SMILES string of the molecule is COCCN(c1ncc(C(=O)O)cc1C)C(C)C. The van der Waals surface area contributed by atoms with Gasteiger partial charge in [-0.05, 0) is 32.4 Å². The van der Waals surface area contributed by atoms with Crippen LogP contribution in [0.5, 0.6) is 0 Å². The number of aryl methyl sites for hydroxylation is 1. The molecule has 0 radical (unpaired) electrons. The van der Waals surface area contributed by atoms with Crippen LogP contribution < -0.4 is 4.90 Å². The molecule has 0 aromatic carbocycles. The first-order valence-electron chi connectivity index (χ1n) is 5.93. The summed E-state index contributed by atoms with van der Waals surface area (Å²) in [5.41, 5.74) is 1.08. The largest absolute Gasteiger partial charge is 0.478 e. The zero-order chi connectivity index (χ0) is 13.7. The van der Waals surface area contributed by atoms with Gasteiger partial charge in [-0.15, -0.1) is 0 Å². The lowest BCUT2D eigenvalue weighted by molar-refractivity contribution is 0.0696. The van der Waals surface area contributed by atoms with E-state index in [0.717, 1.165) is 17.9 Å². The summed E-state index contributed by atoms with van der Waals surface area (Å²) in [5.74, 6) is -0.141. The molecule has 0 aliphatic heterocycles. The van der Waals surface area contributed by atoms with Gasteiger partial charge in [0.1, 0.15) is 5.82 Å². The number of carboxylic acids is 1. The smallest absolute Gasteiger partial charge is 0.337 e. The van der Waals surface area contributed by atoms with E-state index in [4.69, 9.17) is 9.84 Å². The van der Waals surface area contributed by atoms with E-state index in [-0.39, 0.29) is 11.6 Å². The van der Waals surface area contributed by atoms with Crippen molar-refractivity contribution >= 4 is 11.8 Å². The van der Waals surface area contributed by atoms with Crippen LogP contribution >= 0.6 is 0 Å². The van der Waals surface area contributed by atoms with Gasteiger partial charge in [-0.1, -0.05) is 0 Å². The van der Waals surface area contributed by atoms with Gasteiger partial charge in [-0.25, -0.2) is 9.78 Å². The normalized spacial score (nSPS) is 10.7. The zero-order valence-electron chi connectivity index (χ0n) is 11.3. The third-order valence-electron chi connectivity index (χ3n) is 2.73. The number of pyridine rings is 1. The van der Waals surface area contributed by atoms with Gasteiger partial charge in [0.15, 0.2) is 0 Å². The molecule has 0 atom stereocenters. The van der Waals surface area contributed by atoms with Crippen LogP contribution in [0.2, 0.25) is 0 Å². The predicted octanol–water partition coefficient (Wildman–Crippen LogP) is 1.95. The molecule has 0 aliphatic rings. The number of hydrogen-bond acceptors (Lipinski definition) is 4. The van der Waals surface area contributed by atoms with E-state index in [0.29, 0.717) is 6.61 Å². The Bertz CT molecular complexity index is 419. The average molecular weight is 252 g/mol. The number of aromatic nitrogens is 1. The Kier molecular flexibility index (Phi) is 5.09. The van der Waals surface area contributed by atoms with Crippen LogP contribution in [0, 0.1) is 6.92 Å². The molecule has 5 heteroatoms. The highest BCUT2D eigenvalue weighted by Crippen LogP contribution is 2.20. The first-order chi connectivity index (χ1) is 8.47. The molecule has 5 nitrogen and oxygen atoms in total. The van der Waals surface area contributed by atoms with E-state index >= 15 is 0 Å². The van der Waals surface area contributed by atoms with Crippen molar-refractivity contribution in [2.45, 2.75) is 26.8 Å². The minimum atomic E-state index is -0.954. The van der Waals surface area contributed by atoms with Gasteiger partial charge in [0.25, 0.3) is 0 Å². The number of methoxy groups -OCH3 is 1. The predicted molar refractivity (Wildman–Crippen MR) is 70.3 cm³/mol. The summed E-state index contributed by atoms with van der Waals surface area (Å²) in [7, 11) is 1.66. The van der Waals surface area contributed by atoms with E-state index in [1.54, 1.807) is 13.2 Å². The van der Waals surface area contributed by atoms with Crippen molar-refractivity contribution in [2.24, 2.45) is 0 Å². The standard InChI is InChI=1S/C13H20N2O3/c1-9(2)15(5-6-18-4)12-10(3)7-11(8-14-12)13(16)17/h7-9H,5-6H2,1-4H3,(H,16,17). The number of rotatable bonds is 6. The summed E-state index contributed by atoms with van der Waals surface area (Å²) in [5, 5.41) is 8.92. The van der Waals surface area contributed by atoms with Crippen LogP contribution in [-0.2, 0) is 4.74 Å². The van der Waals surface area contributed by atoms with E-state index in [1.165, 1.54) is 6.20 Å². The second kappa shape index (κ2) is 6.35. The molecule has 0 amide bonds. The number of nitrogens with zero attached hydrogens (tertiary/aromatic N) is 2. The zero-order valence-corrected chi connectivity index (χ0v) is 11.3. The molecule has 1 heterocycles. The lowest BCUT2D eigenvalue weighted by Gasteiger charge is -2.29. The molecule has 1 N–H and O–H groups in total. The minimum Gasteiger partial charge on any atom is -0.478 e. The molecule has 0 spiro atoms. The van der Waals surface area contributed by atoms with Gasteiger partial charge in [0.2, 0.25) is 0 Å². The molecule has 0 fully saturated rings. The lowest BCUT2D eigenvalue weighted by Crippen LogP contribution is -2.35. The highest BCUT2D eigenvalue weighted by Gasteiger charge is 2.15. The fourth-order valence-corrected chi connectivity index (χ4v) is 1.78. The molecule has 0 saturated carbocycles. The van der Waals surface area contributed by atoms with Crippen molar-refractivity contribution in [1.82, 2.24) is 4.98 Å². The molecule has 18 heavy (non-hydrogen) atoms. The molecule has 0 bridgehead atoms. The Morgan fingerprint density at radius 1 is 1.56 bits per heavy atom. The van der Waals surface area contributed by atoms with Gasteiger partial charge in [-0.3, -0.25) is 0 Å². The molecule has 1 aromatic heterocycles. The van der Waals surface area contributed by atoms with Crippen LogP contribution in [0.25, 0.3) is 0 Å². The average Bonchev–Trinajstić information content (AvgIpc) is 2.30. The van der Waals surface area contributed by atoms with Crippen molar-refractivity contribution in [3.63, 3.8) is 0 Å². The second-order valence-electron chi connectivity index (χ2n) is 4.45. The Hall–Kier alpha value is -1.62. The summed E-state index contributed by atoms with van der Waals surface area (Å²) >= 11 is 0. The minimum absolute atomic E-state index is 0.215. The Morgan fingerprint density at radius 2 is 2.22 bits per heavy atom. The third kappa shape index (κ3) is 3.43. The summed E-state index contributed by atoms with van der Waals surface area (Å²) in [6, 6.07) is 1.93. The van der Waals surface area contributed by atoms with Gasteiger partial charge in [-0.2, -0.15) is 0 Å². The maximum Gasteiger partial charge on any atom is 0.337 e. The van der Waals surface area contributed by atoms with Crippen molar-refractivity contribution < 1.29 is 14.6 Å². The van der Waals surface area contributed by atoms with Crippen LogP contribution in [0.3, 0.4) is 0 Å². The van der Waals surface area contributed by atoms with Crippen molar-refractivity contribution in [2.75, 3.05) is 25.2 Å². The number of carboxylic acid groups (broad SMARTS) is 1. The highest BCUT2D eigenvalue weighted by atomic mass is 16.5. The van der Waals surface area contributed by atoms with Gasteiger partial charge in [0.05, 0.1) is 12.2 Å². The number of hydrogen-bond donors (Lipinski definition) is 1. The van der Waals surface area contributed by atoms with Crippen LogP contribution in [0.15, 0.2) is 12.3 Å². The highest BCUT2D eigenvalue weighted by molar-refractivity contribution is 5.87. The van der Waals surface area contributed by atoms with Gasteiger partial charge in [0, 0.05) is 25.9 Å². The first kappa shape index (κ1) is 14.4. The fourth-order valence-electron chi connectivity index (χ4n) is 1.78. The topological polar surface area (TPSA) is 62.7 Å². The van der Waals surface area contributed by atoms with E-state index in [1.807, 2.05) is 6.92 Å². The molecule has 0 aliphatic carbocycles. The molecule has 1 rings (SSSR count). The Balaban J connectivity index is 3.01. The summed E-state index contributed by atoms with van der Waals surface area (Å²) in [4.78, 5) is 17.2. The maximum atomic E-state index is 10.9. The Morgan fingerprint density at radius 3 is 2.67 bits per heavy atom. The molecule has 0 unspecified atom stereocenters. The molecule has 1 aromatic rings. The third-order valence-corrected chi connectivity index (χ3v) is 2.73. The summed E-state index contributed by atoms with van der Waals surface area (Å²) in [6.07, 6.45) is 1.40. The van der Waals surface area contributed by atoms with Crippen LogP contribution in [0.4, 0.5) is 5.82 Å². The number of aromatic carboxylic acids is 1. The van der Waals surface area contributed by atoms with Crippen molar-refractivity contribution in [3.05, 3.63) is 23.4 Å². The Labute approximate surface area is 107 Å². The fraction of sp³-hybridized carbons (Fsp3) is 0.538. The number of carbonyl (C=O) groups is 1. The van der Waals surface area contributed by atoms with E-state index in [2.05, 4.69) is 23.7 Å². The molecule has 100 valence electrons. The van der Waals surface area contributed by atoms with Crippen LogP contribution in [-0.4, -0.2) is 42.4 Å².